The lowest BCUT2D eigenvalue weighted by Crippen LogP contribution is -2.55. The molecule has 0 saturated carbocycles. The Kier molecular flexibility index (Phi) is 7.03. The second-order valence-electron chi connectivity index (χ2n) is 7.96. The van der Waals surface area contributed by atoms with Crippen LogP contribution in [0.25, 0.3) is 0 Å². The van der Waals surface area contributed by atoms with Crippen LogP contribution in [0.15, 0.2) is 59.8 Å². The van der Waals surface area contributed by atoms with Gasteiger partial charge in [-0.05, 0) is 42.0 Å². The number of ether oxygens (including phenoxy) is 1. The molecule has 1 atom stereocenters. The number of alkyl halides is 2. The van der Waals surface area contributed by atoms with E-state index >= 15 is 8.78 Å². The summed E-state index contributed by atoms with van der Waals surface area (Å²) < 4.78 is 78.8. The highest BCUT2D eigenvalue weighted by molar-refractivity contribution is 6.30. The maximum Gasteiger partial charge on any atom is 0.323 e. The molecule has 1 aliphatic rings. The molecule has 1 unspecified atom stereocenters. The molecular formula is C23H19ClF5N5O2. The van der Waals surface area contributed by atoms with Crippen LogP contribution in [-0.4, -0.2) is 40.1 Å². The third-order valence-electron chi connectivity index (χ3n) is 5.38. The van der Waals surface area contributed by atoms with E-state index in [0.717, 1.165) is 35.7 Å². The Morgan fingerprint density at radius 3 is 2.44 bits per heavy atom. The Labute approximate surface area is 207 Å². The Morgan fingerprint density at radius 2 is 1.83 bits per heavy atom. The molecule has 190 valence electrons. The molecule has 13 heteroatoms. The molecular weight excluding hydrogens is 509 g/mol. The number of hydrazine groups is 2. The molecule has 1 aromatic heterocycles. The minimum Gasteiger partial charge on any atom is -0.487 e. The SMILES string of the molecule is CN1N=CN(CC(O)(c2ccc(F)cc2F)C(F)(F)c2ccc(OCc3ccc(Cl)c(F)c3)cn2)N1. The van der Waals surface area contributed by atoms with Crippen LogP contribution in [0.2, 0.25) is 5.02 Å². The number of hydrazone groups is 1. The lowest BCUT2D eigenvalue weighted by atomic mass is 9.84. The van der Waals surface area contributed by atoms with Crippen molar-refractivity contribution in [2.24, 2.45) is 5.10 Å². The first kappa shape index (κ1) is 25.6. The summed E-state index contributed by atoms with van der Waals surface area (Å²) in [6.45, 7) is -0.970. The minimum atomic E-state index is -4.17. The molecule has 0 aliphatic carbocycles. The van der Waals surface area contributed by atoms with Crippen LogP contribution in [-0.2, 0) is 18.1 Å². The van der Waals surface area contributed by atoms with Crippen molar-refractivity contribution in [2.75, 3.05) is 13.6 Å². The van der Waals surface area contributed by atoms with Crippen molar-refractivity contribution >= 4 is 17.9 Å². The molecule has 7 nitrogen and oxygen atoms in total. The molecule has 0 amide bonds. The number of rotatable bonds is 8. The van der Waals surface area contributed by atoms with Crippen LogP contribution >= 0.6 is 11.6 Å². The van der Waals surface area contributed by atoms with E-state index in [1.807, 2.05) is 0 Å². The zero-order valence-corrected chi connectivity index (χ0v) is 19.4. The predicted molar refractivity (Wildman–Crippen MR) is 120 cm³/mol. The number of aromatic nitrogens is 1. The Bertz CT molecular complexity index is 1280. The van der Waals surface area contributed by atoms with Crippen molar-refractivity contribution in [3.05, 3.63) is 94.0 Å². The Morgan fingerprint density at radius 1 is 1.06 bits per heavy atom. The second kappa shape index (κ2) is 9.88. The average molecular weight is 528 g/mol. The monoisotopic (exact) mass is 527 g/mol. The molecule has 0 bridgehead atoms. The van der Waals surface area contributed by atoms with Gasteiger partial charge in [-0.25, -0.2) is 18.3 Å². The fraction of sp³-hybridized carbons (Fsp3) is 0.217. The van der Waals surface area contributed by atoms with Gasteiger partial charge >= 0.3 is 5.92 Å². The van der Waals surface area contributed by atoms with E-state index in [4.69, 9.17) is 16.3 Å². The number of pyridine rings is 1. The van der Waals surface area contributed by atoms with Crippen LogP contribution in [0.1, 0.15) is 16.8 Å². The third-order valence-corrected chi connectivity index (χ3v) is 5.69. The fourth-order valence-corrected chi connectivity index (χ4v) is 3.66. The first-order valence-corrected chi connectivity index (χ1v) is 10.8. The van der Waals surface area contributed by atoms with Gasteiger partial charge in [0, 0.05) is 18.7 Å². The van der Waals surface area contributed by atoms with Crippen molar-refractivity contribution in [2.45, 2.75) is 18.1 Å². The topological polar surface area (TPSA) is 73.2 Å². The van der Waals surface area contributed by atoms with Crippen molar-refractivity contribution in [1.29, 1.82) is 0 Å². The van der Waals surface area contributed by atoms with Gasteiger partial charge in [0.2, 0.25) is 0 Å². The number of hydrogen-bond donors (Lipinski definition) is 2. The van der Waals surface area contributed by atoms with E-state index < -0.39 is 46.8 Å². The molecule has 0 fully saturated rings. The van der Waals surface area contributed by atoms with Crippen LogP contribution in [0, 0.1) is 17.5 Å². The Balaban J connectivity index is 1.61. The summed E-state index contributed by atoms with van der Waals surface area (Å²) in [5, 5.41) is 17.2. The summed E-state index contributed by atoms with van der Waals surface area (Å²) in [7, 11) is 1.48. The van der Waals surface area contributed by atoms with Crippen LogP contribution in [0.4, 0.5) is 22.0 Å². The zero-order chi connectivity index (χ0) is 26.1. The zero-order valence-electron chi connectivity index (χ0n) is 18.6. The van der Waals surface area contributed by atoms with Gasteiger partial charge in [-0.2, -0.15) is 8.78 Å². The van der Waals surface area contributed by atoms with Crippen LogP contribution in [0.3, 0.4) is 0 Å². The molecule has 4 rings (SSSR count). The molecule has 0 radical (unpaired) electrons. The fourth-order valence-electron chi connectivity index (χ4n) is 3.54. The van der Waals surface area contributed by atoms with Gasteiger partial charge in [0.25, 0.3) is 0 Å². The van der Waals surface area contributed by atoms with E-state index in [1.54, 1.807) is 0 Å². The number of hydrogen-bond acceptors (Lipinski definition) is 7. The Hall–Kier alpha value is -3.48. The molecule has 2 N–H and O–H groups in total. The first-order valence-electron chi connectivity index (χ1n) is 10.4. The van der Waals surface area contributed by atoms with Gasteiger partial charge < -0.3 is 9.84 Å². The summed E-state index contributed by atoms with van der Waals surface area (Å²) in [4.78, 5) is 3.71. The molecule has 0 saturated heterocycles. The van der Waals surface area contributed by atoms with Crippen molar-refractivity contribution in [3.8, 4) is 5.75 Å². The predicted octanol–water partition coefficient (Wildman–Crippen LogP) is 4.32. The van der Waals surface area contributed by atoms with Gasteiger partial charge in [0.1, 0.15) is 41.8 Å². The van der Waals surface area contributed by atoms with E-state index in [-0.39, 0.29) is 17.4 Å². The standard InChI is InChI=1S/C23H19ClF5N5O2/c1-33-31-13-34(32-33)12-22(35,17-5-3-15(25)9-19(17)26)23(28,29)21-7-4-16(10-30-21)36-11-14-2-6-18(24)20(27)8-14/h2-10,13,32,35H,11-12H2,1H3. The molecule has 1 aliphatic heterocycles. The highest BCUT2D eigenvalue weighted by Crippen LogP contribution is 2.46. The number of nitrogens with zero attached hydrogens (tertiary/aromatic N) is 4. The summed E-state index contributed by atoms with van der Waals surface area (Å²) >= 11 is 5.64. The highest BCUT2D eigenvalue weighted by atomic mass is 35.5. The summed E-state index contributed by atoms with van der Waals surface area (Å²) in [6, 6.07) is 8.05. The minimum absolute atomic E-state index is 0.0564. The van der Waals surface area contributed by atoms with Gasteiger partial charge in [-0.1, -0.05) is 17.7 Å². The van der Waals surface area contributed by atoms with Crippen LogP contribution in [0.5, 0.6) is 5.75 Å². The van der Waals surface area contributed by atoms with E-state index in [2.05, 4.69) is 15.6 Å². The maximum atomic E-state index is 15.8. The lowest BCUT2D eigenvalue weighted by Gasteiger charge is -2.38. The third kappa shape index (κ3) is 5.06. The largest absolute Gasteiger partial charge is 0.487 e. The van der Waals surface area contributed by atoms with Gasteiger partial charge in [-0.15, -0.1) is 10.6 Å². The molecule has 2 heterocycles. The van der Waals surface area contributed by atoms with Gasteiger partial charge in [0.15, 0.2) is 5.60 Å². The van der Waals surface area contributed by atoms with E-state index in [0.29, 0.717) is 11.6 Å². The molecule has 0 spiro atoms. The highest BCUT2D eigenvalue weighted by Gasteiger charge is 2.58. The number of benzene rings is 2. The number of halogens is 6. The summed E-state index contributed by atoms with van der Waals surface area (Å²) in [5.74, 6) is -7.09. The summed E-state index contributed by atoms with van der Waals surface area (Å²) in [5.41, 5.74) is -1.94. The maximum absolute atomic E-state index is 15.8. The number of nitrogens with one attached hydrogen (secondary N) is 1. The van der Waals surface area contributed by atoms with Crippen molar-refractivity contribution in [3.63, 3.8) is 0 Å². The molecule has 3 aromatic rings. The molecule has 36 heavy (non-hydrogen) atoms. The second-order valence-corrected chi connectivity index (χ2v) is 8.36. The van der Waals surface area contributed by atoms with E-state index in [1.165, 1.54) is 36.4 Å². The average Bonchev–Trinajstić information content (AvgIpc) is 3.24. The van der Waals surface area contributed by atoms with Crippen LogP contribution < -0.4 is 10.3 Å². The number of β-amino-alcohol motifs (C(OH)–C–C–N with tert-alkyl or cyclic N) is 1. The lowest BCUT2D eigenvalue weighted by molar-refractivity contribution is -0.207. The normalized spacial score (nSPS) is 15.3. The van der Waals surface area contributed by atoms with Crippen molar-refractivity contribution in [1.82, 2.24) is 20.6 Å². The van der Waals surface area contributed by atoms with E-state index in [9.17, 15) is 18.3 Å². The quantitative estimate of drug-likeness (QED) is 0.425. The van der Waals surface area contributed by atoms with Gasteiger partial charge in [-0.3, -0.25) is 9.99 Å². The molecule has 2 aromatic carbocycles. The smallest absolute Gasteiger partial charge is 0.323 e. The van der Waals surface area contributed by atoms with Gasteiger partial charge in [0.05, 0.1) is 17.8 Å². The first-order chi connectivity index (χ1) is 17.0. The summed E-state index contributed by atoms with van der Waals surface area (Å²) in [6.07, 6.45) is 2.10. The van der Waals surface area contributed by atoms with Crippen molar-refractivity contribution < 1.29 is 31.8 Å². The number of aliphatic hydroxyl groups is 1.